The smallest absolute Gasteiger partial charge is 0.161 e. The minimum Gasteiger partial charge on any atom is -0.493 e. The fourth-order valence-corrected chi connectivity index (χ4v) is 2.63. The highest BCUT2D eigenvalue weighted by molar-refractivity contribution is 5.80. The molecule has 0 spiro atoms. The third-order valence-electron chi connectivity index (χ3n) is 4.11. The first-order chi connectivity index (χ1) is 14.2. The van der Waals surface area contributed by atoms with Gasteiger partial charge in [0, 0.05) is 11.1 Å². The second-order valence-electron chi connectivity index (χ2n) is 6.11. The average Bonchev–Trinajstić information content (AvgIpc) is 2.76. The van der Waals surface area contributed by atoms with E-state index >= 15 is 0 Å². The molecule has 0 saturated heterocycles. The molecular weight excluding hydrogens is 371 g/mol. The van der Waals surface area contributed by atoms with Gasteiger partial charge in [-0.1, -0.05) is 35.5 Å². The molecule has 146 valence electrons. The summed E-state index contributed by atoms with van der Waals surface area (Å²) in [6, 6.07) is 20.9. The van der Waals surface area contributed by atoms with Gasteiger partial charge in [0.2, 0.25) is 0 Å². The lowest BCUT2D eigenvalue weighted by molar-refractivity contribution is 0.132. The van der Waals surface area contributed by atoms with Crippen LogP contribution in [0.4, 0.5) is 4.39 Å². The number of halogens is 1. The van der Waals surface area contributed by atoms with E-state index in [1.165, 1.54) is 12.1 Å². The molecule has 0 radical (unpaired) electrons. The molecule has 0 atom stereocenters. The summed E-state index contributed by atoms with van der Waals surface area (Å²) in [5, 5.41) is 13.0. The lowest BCUT2D eigenvalue weighted by atomic mass is 10.1. The highest BCUT2D eigenvalue weighted by atomic mass is 19.1. The molecule has 0 fully saturated rings. The van der Waals surface area contributed by atoms with Crippen molar-refractivity contribution < 1.29 is 18.7 Å². The standard InChI is InChI=1S/C23H19FN2O3/c1-27-23-12-17(14-26-29-16-20-7-3-2-6-19(20)13-25)9-10-22(23)28-15-18-5-4-8-21(24)11-18/h2-12,14H,15-16H2,1H3/b26-14-. The van der Waals surface area contributed by atoms with Gasteiger partial charge < -0.3 is 14.3 Å². The van der Waals surface area contributed by atoms with Gasteiger partial charge in [0.1, 0.15) is 19.0 Å². The molecule has 0 N–H and O–H groups in total. The molecule has 0 aliphatic heterocycles. The fourth-order valence-electron chi connectivity index (χ4n) is 2.63. The zero-order valence-corrected chi connectivity index (χ0v) is 15.8. The van der Waals surface area contributed by atoms with Crippen molar-refractivity contribution in [2.24, 2.45) is 5.16 Å². The first-order valence-corrected chi connectivity index (χ1v) is 8.88. The van der Waals surface area contributed by atoms with Crippen molar-refractivity contribution in [3.8, 4) is 17.6 Å². The summed E-state index contributed by atoms with van der Waals surface area (Å²) in [5.41, 5.74) is 2.81. The van der Waals surface area contributed by atoms with Crippen LogP contribution in [0.3, 0.4) is 0 Å². The van der Waals surface area contributed by atoms with Crippen LogP contribution in [-0.4, -0.2) is 13.3 Å². The normalized spacial score (nSPS) is 10.5. The summed E-state index contributed by atoms with van der Waals surface area (Å²) >= 11 is 0. The van der Waals surface area contributed by atoms with E-state index in [0.717, 1.165) is 16.7 Å². The molecule has 3 aromatic rings. The highest BCUT2D eigenvalue weighted by Gasteiger charge is 2.06. The molecule has 0 aliphatic rings. The molecule has 0 bridgehead atoms. The monoisotopic (exact) mass is 390 g/mol. The Morgan fingerprint density at radius 2 is 1.86 bits per heavy atom. The Hall–Kier alpha value is -3.85. The van der Waals surface area contributed by atoms with E-state index in [9.17, 15) is 4.39 Å². The van der Waals surface area contributed by atoms with E-state index in [-0.39, 0.29) is 19.0 Å². The fraction of sp³-hybridized carbons (Fsp3) is 0.130. The lowest BCUT2D eigenvalue weighted by Gasteiger charge is -2.11. The predicted octanol–water partition coefficient (Wildman–Crippen LogP) is 4.84. The van der Waals surface area contributed by atoms with E-state index in [4.69, 9.17) is 19.6 Å². The van der Waals surface area contributed by atoms with Crippen molar-refractivity contribution in [2.45, 2.75) is 13.2 Å². The van der Waals surface area contributed by atoms with Gasteiger partial charge in [0.25, 0.3) is 0 Å². The second kappa shape index (κ2) is 9.90. The minimum absolute atomic E-state index is 0.201. The lowest BCUT2D eigenvalue weighted by Crippen LogP contribution is -1.99. The van der Waals surface area contributed by atoms with Crippen molar-refractivity contribution >= 4 is 6.21 Å². The number of methoxy groups -OCH3 is 1. The van der Waals surface area contributed by atoms with Gasteiger partial charge in [-0.05, 0) is 42.0 Å². The molecule has 5 nitrogen and oxygen atoms in total. The Morgan fingerprint density at radius 3 is 2.66 bits per heavy atom. The molecule has 0 aliphatic carbocycles. The average molecular weight is 390 g/mol. The van der Waals surface area contributed by atoms with Crippen molar-refractivity contribution in [2.75, 3.05) is 7.11 Å². The molecule has 3 aromatic carbocycles. The number of nitriles is 1. The number of nitrogens with zero attached hydrogens (tertiary/aromatic N) is 2. The quantitative estimate of drug-likeness (QED) is 0.408. The molecule has 3 rings (SSSR count). The maximum absolute atomic E-state index is 13.3. The van der Waals surface area contributed by atoms with Crippen LogP contribution in [0.25, 0.3) is 0 Å². The van der Waals surface area contributed by atoms with E-state index in [0.29, 0.717) is 17.1 Å². The van der Waals surface area contributed by atoms with E-state index < -0.39 is 0 Å². The summed E-state index contributed by atoms with van der Waals surface area (Å²) in [6.45, 7) is 0.426. The Balaban J connectivity index is 1.60. The maximum atomic E-state index is 13.3. The molecule has 6 heteroatoms. The molecule has 0 saturated carbocycles. The molecule has 0 aromatic heterocycles. The Morgan fingerprint density at radius 1 is 1.00 bits per heavy atom. The number of hydrogen-bond acceptors (Lipinski definition) is 5. The van der Waals surface area contributed by atoms with Crippen LogP contribution in [0.15, 0.2) is 71.9 Å². The minimum atomic E-state index is -0.304. The maximum Gasteiger partial charge on any atom is 0.161 e. The van der Waals surface area contributed by atoms with Gasteiger partial charge in [0.05, 0.1) is 25.0 Å². The highest BCUT2D eigenvalue weighted by Crippen LogP contribution is 2.28. The van der Waals surface area contributed by atoms with Crippen LogP contribution < -0.4 is 9.47 Å². The Labute approximate surface area is 168 Å². The topological polar surface area (TPSA) is 63.8 Å². The van der Waals surface area contributed by atoms with E-state index in [2.05, 4.69) is 11.2 Å². The number of oxime groups is 1. The molecule has 29 heavy (non-hydrogen) atoms. The van der Waals surface area contributed by atoms with E-state index in [1.54, 1.807) is 55.8 Å². The molecule has 0 unspecified atom stereocenters. The van der Waals surface area contributed by atoms with Crippen LogP contribution in [0.5, 0.6) is 11.5 Å². The first-order valence-electron chi connectivity index (χ1n) is 8.88. The zero-order chi connectivity index (χ0) is 20.5. The number of benzene rings is 3. The van der Waals surface area contributed by atoms with Gasteiger partial charge in [-0.25, -0.2) is 4.39 Å². The summed E-state index contributed by atoms with van der Waals surface area (Å²) in [5.74, 6) is 0.764. The summed E-state index contributed by atoms with van der Waals surface area (Å²) < 4.78 is 24.4. The van der Waals surface area contributed by atoms with Crippen LogP contribution in [-0.2, 0) is 18.1 Å². The van der Waals surface area contributed by atoms with Crippen LogP contribution in [0.1, 0.15) is 22.3 Å². The summed E-state index contributed by atoms with van der Waals surface area (Å²) in [6.07, 6.45) is 1.55. The van der Waals surface area contributed by atoms with Gasteiger partial charge in [-0.3, -0.25) is 0 Å². The number of ether oxygens (including phenoxy) is 2. The van der Waals surface area contributed by atoms with Crippen LogP contribution >= 0.6 is 0 Å². The van der Waals surface area contributed by atoms with Crippen molar-refractivity contribution in [3.63, 3.8) is 0 Å². The SMILES string of the molecule is COc1cc(/C=N\OCc2ccccc2C#N)ccc1OCc1cccc(F)c1. The number of rotatable bonds is 8. The van der Waals surface area contributed by atoms with Crippen LogP contribution in [0, 0.1) is 17.1 Å². The van der Waals surface area contributed by atoms with Gasteiger partial charge >= 0.3 is 0 Å². The van der Waals surface area contributed by atoms with Crippen molar-refractivity contribution in [3.05, 3.63) is 94.8 Å². The number of hydrogen-bond donors (Lipinski definition) is 0. The second-order valence-corrected chi connectivity index (χ2v) is 6.11. The predicted molar refractivity (Wildman–Crippen MR) is 107 cm³/mol. The van der Waals surface area contributed by atoms with Gasteiger partial charge in [0.15, 0.2) is 11.5 Å². The van der Waals surface area contributed by atoms with Crippen LogP contribution in [0.2, 0.25) is 0 Å². The third kappa shape index (κ3) is 5.56. The van der Waals surface area contributed by atoms with Crippen molar-refractivity contribution in [1.82, 2.24) is 0 Å². The van der Waals surface area contributed by atoms with Crippen molar-refractivity contribution in [1.29, 1.82) is 5.26 Å². The van der Waals surface area contributed by atoms with Gasteiger partial charge in [-0.2, -0.15) is 5.26 Å². The molecule has 0 amide bonds. The Bertz CT molecular complexity index is 1040. The zero-order valence-electron chi connectivity index (χ0n) is 15.8. The largest absolute Gasteiger partial charge is 0.493 e. The third-order valence-corrected chi connectivity index (χ3v) is 4.11. The summed E-state index contributed by atoms with van der Waals surface area (Å²) in [4.78, 5) is 5.30. The molecule has 0 heterocycles. The van der Waals surface area contributed by atoms with E-state index in [1.807, 2.05) is 12.1 Å². The van der Waals surface area contributed by atoms with Gasteiger partial charge in [-0.15, -0.1) is 0 Å². The first kappa shape index (κ1) is 19.9. The molecular formula is C23H19FN2O3. The Kier molecular flexibility index (Phi) is 6.80. The summed E-state index contributed by atoms with van der Waals surface area (Å²) in [7, 11) is 1.54.